The molecule has 0 bridgehead atoms. The maximum Gasteiger partial charge on any atom is 0.228 e. The number of fused-ring (bicyclic) bond motifs is 5. The average molecular weight is 1780 g/mol. The van der Waals surface area contributed by atoms with Crippen LogP contribution in [0.1, 0.15) is 122 Å². The SMILES string of the molecule is C=C(N)Cc1c(Cc2ccccc2)ncn1Cc1ccc2c(c1)CC(=O)N2.C=C(N)Cc1c(Cc2ccccc2)ncn1Cc1cccc2c1CC(=O)N2.CC(O)Cc1c(-c2ccccc2)ncn1Cc1ccc2c(c1)CC(=O)N2.CC(O)Cc1c(-c2ccccc2)ncn1Cc1cccc2c1CC(=O)N2.NC(=O)CCC1CN(c2ccccc2)CCN1c1cccc2c1CC(=O)N2. The number of carbonyl (C=O) groups is 6. The first-order valence-electron chi connectivity index (χ1n) is 45.0. The number of primary amides is 1. The molecule has 6 aliphatic heterocycles. The van der Waals surface area contributed by atoms with Gasteiger partial charge in [-0.2, -0.15) is 0 Å². The highest BCUT2D eigenvalue weighted by molar-refractivity contribution is 6.03. The molecular weight excluding hydrogens is 1670 g/mol. The van der Waals surface area contributed by atoms with Gasteiger partial charge in [0, 0.05) is 187 Å². The Morgan fingerprint density at radius 3 is 1.24 bits per heavy atom. The summed E-state index contributed by atoms with van der Waals surface area (Å²) in [5.41, 5.74) is 47.5. The number of aromatic nitrogens is 8. The van der Waals surface area contributed by atoms with E-state index in [9.17, 15) is 39.0 Å². The minimum Gasteiger partial charge on any atom is -0.402 e. The Hall–Kier alpha value is -15.5. The van der Waals surface area contributed by atoms with Crippen LogP contribution >= 0.6 is 0 Å². The van der Waals surface area contributed by atoms with Crippen LogP contribution < -0.4 is 53.6 Å². The molecule has 4 aromatic heterocycles. The highest BCUT2D eigenvalue weighted by Crippen LogP contribution is 2.38. The third-order valence-corrected chi connectivity index (χ3v) is 24.4. The van der Waals surface area contributed by atoms with Crippen LogP contribution in [0.4, 0.5) is 39.8 Å². The van der Waals surface area contributed by atoms with Crippen molar-refractivity contribution in [2.75, 3.05) is 56.0 Å². The van der Waals surface area contributed by atoms with E-state index in [0.717, 1.165) is 173 Å². The van der Waals surface area contributed by atoms with Crippen molar-refractivity contribution in [3.05, 3.63) is 388 Å². The summed E-state index contributed by atoms with van der Waals surface area (Å²) < 4.78 is 8.41. The highest BCUT2D eigenvalue weighted by Gasteiger charge is 2.33. The lowest BCUT2D eigenvalue weighted by atomic mass is 10.0. The van der Waals surface area contributed by atoms with Gasteiger partial charge in [-0.1, -0.05) is 207 Å². The van der Waals surface area contributed by atoms with Gasteiger partial charge in [-0.05, 0) is 124 Å². The predicted octanol–water partition coefficient (Wildman–Crippen LogP) is 14.2. The summed E-state index contributed by atoms with van der Waals surface area (Å²) in [6.07, 6.45) is 13.4. The van der Waals surface area contributed by atoms with Crippen LogP contribution in [0.3, 0.4) is 0 Å². The highest BCUT2D eigenvalue weighted by atomic mass is 16.3. The summed E-state index contributed by atoms with van der Waals surface area (Å²) in [6, 6.07) is 81.2. The zero-order valence-corrected chi connectivity index (χ0v) is 74.7. The minimum atomic E-state index is -0.461. The number of hydrogen-bond acceptors (Lipinski definition) is 16. The van der Waals surface area contributed by atoms with Gasteiger partial charge in [0.25, 0.3) is 0 Å². The van der Waals surface area contributed by atoms with E-state index in [0.29, 0.717) is 108 Å². The number of imidazole rings is 4. The predicted molar refractivity (Wildman–Crippen MR) is 522 cm³/mol. The molecule has 3 atom stereocenters. The number of carbonyl (C=O) groups excluding carboxylic acids is 6. The van der Waals surface area contributed by atoms with E-state index >= 15 is 0 Å². The molecule has 20 rings (SSSR count). The Balaban J connectivity index is 0.000000121. The Labute approximate surface area is 773 Å². The van der Waals surface area contributed by atoms with Crippen molar-refractivity contribution in [2.24, 2.45) is 17.2 Å². The van der Waals surface area contributed by atoms with Crippen molar-refractivity contribution < 1.29 is 39.0 Å². The van der Waals surface area contributed by atoms with Crippen LogP contribution in [0, 0.1) is 0 Å². The van der Waals surface area contributed by atoms with E-state index < -0.39 is 12.2 Å². The fourth-order valence-corrected chi connectivity index (χ4v) is 18.2. The minimum absolute atomic E-state index is 0.0345. The fraction of sp³-hybridized carbons (Fsp3) is 0.234. The number of para-hydroxylation sites is 1. The lowest BCUT2D eigenvalue weighted by Gasteiger charge is -2.44. The Morgan fingerprint density at radius 2 is 0.797 bits per heavy atom. The number of nitrogens with zero attached hydrogens (tertiary/aromatic N) is 10. The Kier molecular flexibility index (Phi) is 28.6. The van der Waals surface area contributed by atoms with Gasteiger partial charge < -0.3 is 82.1 Å². The summed E-state index contributed by atoms with van der Waals surface area (Å²) in [7, 11) is 0. The molecule has 10 aromatic carbocycles. The first kappa shape index (κ1) is 90.8. The van der Waals surface area contributed by atoms with Gasteiger partial charge in [0.2, 0.25) is 35.4 Å². The summed E-state index contributed by atoms with van der Waals surface area (Å²) in [4.78, 5) is 93.1. The second kappa shape index (κ2) is 41.9. The van der Waals surface area contributed by atoms with E-state index in [1.165, 1.54) is 16.8 Å². The van der Waals surface area contributed by atoms with E-state index in [2.05, 4.69) is 148 Å². The molecule has 133 heavy (non-hydrogen) atoms. The third kappa shape index (κ3) is 22.8. The molecule has 6 amide bonds. The third-order valence-electron chi connectivity index (χ3n) is 24.4. The smallest absolute Gasteiger partial charge is 0.228 e. The lowest BCUT2D eigenvalue weighted by Crippen LogP contribution is -2.54. The number of aliphatic hydroxyl groups is 2. The van der Waals surface area contributed by atoms with Gasteiger partial charge in [0.15, 0.2) is 0 Å². The molecule has 676 valence electrons. The number of anilines is 7. The van der Waals surface area contributed by atoms with Crippen molar-refractivity contribution in [3.63, 3.8) is 0 Å². The summed E-state index contributed by atoms with van der Waals surface area (Å²) in [5.74, 6) is -0.0670. The van der Waals surface area contributed by atoms with Crippen molar-refractivity contribution in [1.29, 1.82) is 0 Å². The molecule has 0 radical (unpaired) electrons. The van der Waals surface area contributed by atoms with Gasteiger partial charge in [0.05, 0.1) is 92.4 Å². The van der Waals surface area contributed by atoms with Crippen LogP contribution in [-0.2, 0) is 126 Å². The standard InChI is InChI=1S/2C22H22N4O.C21H24N4O2.2C21H21N3O2/c1-15(23)10-21-20(11-16-6-3-2-4-7-16)24-14-26(21)13-17-8-5-9-19-18(17)12-22(27)25-19;1-15(23)9-21-20(11-16-5-3-2-4-6-16)24-14-26(21)13-17-7-8-19-18(10-17)12-22(27)25-19;22-20(26)10-9-16-14-24(15-5-2-1-3-6-15)11-12-25(16)19-8-4-7-18-17(19)13-21(27)23-18;1-14(25)10-19-21(15-6-3-2-4-7-15)22-13-24(19)12-16-8-5-9-18-17(16)11-20(26)23-18;1-14(25)9-19-21(16-5-3-2-4-6-16)22-13-24(19)12-15-7-8-18-17(10-15)11-20(26)23-18/h2-9,14H,1,10-13,23H2,(H,25,27);2-8,10,14H,1,9,11-13,23H2,(H,25,27);1-8,16H,9-14H2,(H2,22,26)(H,23,27);2-9,13-14,25H,10-12H2,1H3,(H,23,26);2-8,10,13-14,25H,9,11-12H2,1H3,(H,23,26). The van der Waals surface area contributed by atoms with Gasteiger partial charge >= 0.3 is 0 Å². The number of hydrogen-bond donors (Lipinski definition) is 10. The van der Waals surface area contributed by atoms with Gasteiger partial charge in [-0.25, -0.2) is 19.9 Å². The average Bonchev–Trinajstić information content (AvgIpc) is 1.78. The molecule has 3 unspecified atom stereocenters. The molecule has 6 aliphatic rings. The molecule has 26 nitrogen and oxygen atoms in total. The van der Waals surface area contributed by atoms with E-state index in [4.69, 9.17) is 17.2 Å². The fourth-order valence-electron chi connectivity index (χ4n) is 18.2. The summed E-state index contributed by atoms with van der Waals surface area (Å²) >= 11 is 0. The van der Waals surface area contributed by atoms with Gasteiger partial charge in [-0.15, -0.1) is 0 Å². The molecule has 0 aliphatic carbocycles. The first-order valence-corrected chi connectivity index (χ1v) is 45.0. The monoisotopic (exact) mass is 1770 g/mol. The van der Waals surface area contributed by atoms with Gasteiger partial charge in [-0.3, -0.25) is 28.8 Å². The number of rotatable bonds is 27. The first-order chi connectivity index (χ1) is 64.5. The molecule has 13 N–H and O–H groups in total. The van der Waals surface area contributed by atoms with Gasteiger partial charge in [0.1, 0.15) is 0 Å². The van der Waals surface area contributed by atoms with E-state index in [1.807, 2.05) is 207 Å². The number of nitrogens with two attached hydrogens (primary N) is 3. The lowest BCUT2D eigenvalue weighted by molar-refractivity contribution is -0.118. The number of allylic oxidation sites excluding steroid dienone is 2. The Morgan fingerprint density at radius 1 is 0.414 bits per heavy atom. The number of aliphatic hydroxyl groups excluding tert-OH is 2. The van der Waals surface area contributed by atoms with Crippen LogP contribution in [0.15, 0.2) is 293 Å². The van der Waals surface area contributed by atoms with E-state index in [-0.39, 0.29) is 41.5 Å². The van der Waals surface area contributed by atoms with Crippen molar-refractivity contribution >= 4 is 75.3 Å². The summed E-state index contributed by atoms with van der Waals surface area (Å²) in [5, 5.41) is 34.4. The number of benzene rings is 10. The molecule has 26 heteroatoms. The van der Waals surface area contributed by atoms with Crippen molar-refractivity contribution in [3.8, 4) is 22.5 Å². The molecule has 10 heterocycles. The molecule has 1 fully saturated rings. The number of nitrogens with one attached hydrogen (secondary N) is 5. The van der Waals surface area contributed by atoms with Crippen LogP contribution in [-0.4, -0.2) is 122 Å². The quantitative estimate of drug-likeness (QED) is 0.0229. The molecule has 0 saturated carbocycles. The topological polar surface area (TPSA) is 359 Å². The molecule has 1 saturated heterocycles. The zero-order valence-electron chi connectivity index (χ0n) is 74.7. The van der Waals surface area contributed by atoms with Crippen molar-refractivity contribution in [1.82, 2.24) is 38.2 Å². The number of piperazine rings is 1. The van der Waals surface area contributed by atoms with Crippen molar-refractivity contribution in [2.45, 2.75) is 142 Å². The Bertz CT molecular complexity index is 6580. The van der Waals surface area contributed by atoms with Crippen LogP contribution in [0.2, 0.25) is 0 Å². The number of amides is 6. The van der Waals surface area contributed by atoms with E-state index in [1.54, 1.807) is 13.8 Å². The molecule has 14 aromatic rings. The maximum absolute atomic E-state index is 11.9. The molecular formula is C107H110N18O8. The van der Waals surface area contributed by atoms with Crippen LogP contribution in [0.5, 0.6) is 0 Å². The molecule has 0 spiro atoms. The normalized spacial score (nSPS) is 14.5. The largest absolute Gasteiger partial charge is 0.402 e. The zero-order chi connectivity index (χ0) is 92.6. The second-order valence-electron chi connectivity index (χ2n) is 34.6. The van der Waals surface area contributed by atoms with Crippen LogP contribution in [0.25, 0.3) is 22.5 Å². The summed E-state index contributed by atoms with van der Waals surface area (Å²) in [6.45, 7) is 16.5. The maximum atomic E-state index is 11.9. The second-order valence-corrected chi connectivity index (χ2v) is 34.6.